The standard InChI is InChI=1S/C28H33Cl2N5O4S/c1-18(2)33-17-26-34(40(38,39)25-11-8-20(29)15-22(25)30)16-24(32-12-4-3-5-13-32)28(37)35(26)23(27(33)36)14-19-6-9-21(31)10-7-19/h6-11,15,17-18,23-24H,3-5,12-14,16,31H2,1-2H3. The summed E-state index contributed by atoms with van der Waals surface area (Å²) >= 11 is 12.5. The molecule has 9 nitrogen and oxygen atoms in total. The molecule has 2 atom stereocenters. The molecule has 214 valence electrons. The number of nitrogens with zero attached hydrogens (tertiary/aromatic N) is 4. The Morgan fingerprint density at radius 1 is 0.975 bits per heavy atom. The van der Waals surface area contributed by atoms with Crippen LogP contribution in [0.3, 0.4) is 0 Å². The Hall–Kier alpha value is -2.79. The van der Waals surface area contributed by atoms with E-state index in [1.54, 1.807) is 12.1 Å². The van der Waals surface area contributed by atoms with E-state index in [9.17, 15) is 18.0 Å². The van der Waals surface area contributed by atoms with E-state index in [0.717, 1.165) is 24.8 Å². The Balaban J connectivity index is 1.66. The van der Waals surface area contributed by atoms with Gasteiger partial charge in [0, 0.05) is 29.4 Å². The van der Waals surface area contributed by atoms with Crippen molar-refractivity contribution in [2.24, 2.45) is 0 Å². The average molecular weight is 607 g/mol. The fraction of sp³-hybridized carbons (Fsp3) is 0.429. The third kappa shape index (κ3) is 5.30. The molecule has 2 fully saturated rings. The van der Waals surface area contributed by atoms with Gasteiger partial charge < -0.3 is 10.6 Å². The van der Waals surface area contributed by atoms with Gasteiger partial charge in [-0.2, -0.15) is 0 Å². The van der Waals surface area contributed by atoms with E-state index in [0.29, 0.717) is 23.8 Å². The second-order valence-corrected chi connectivity index (χ2v) is 13.4. The summed E-state index contributed by atoms with van der Waals surface area (Å²) in [4.78, 5) is 32.9. The first-order chi connectivity index (χ1) is 19.0. The number of amides is 2. The summed E-state index contributed by atoms with van der Waals surface area (Å²) in [5.41, 5.74) is 7.26. The molecule has 3 aliphatic rings. The Labute approximate surface area is 245 Å². The molecule has 0 spiro atoms. The van der Waals surface area contributed by atoms with Crippen molar-refractivity contribution in [2.45, 2.75) is 62.6 Å². The van der Waals surface area contributed by atoms with Gasteiger partial charge in [-0.05, 0) is 75.7 Å². The second-order valence-electron chi connectivity index (χ2n) is 10.7. The fourth-order valence-electron chi connectivity index (χ4n) is 5.62. The minimum Gasteiger partial charge on any atom is -0.399 e. The van der Waals surface area contributed by atoms with Crippen molar-refractivity contribution in [1.29, 1.82) is 0 Å². The smallest absolute Gasteiger partial charge is 0.267 e. The van der Waals surface area contributed by atoms with Crippen molar-refractivity contribution in [1.82, 2.24) is 19.0 Å². The van der Waals surface area contributed by atoms with Gasteiger partial charge >= 0.3 is 0 Å². The van der Waals surface area contributed by atoms with Crippen LogP contribution in [0.15, 0.2) is 59.4 Å². The fourth-order valence-corrected chi connectivity index (χ4v) is 7.82. The average Bonchev–Trinajstić information content (AvgIpc) is 2.91. The molecule has 0 aromatic heterocycles. The highest BCUT2D eigenvalue weighted by Gasteiger charge is 2.51. The van der Waals surface area contributed by atoms with Crippen molar-refractivity contribution < 1.29 is 18.0 Å². The maximum atomic E-state index is 14.3. The minimum absolute atomic E-state index is 0.0166. The SMILES string of the molecule is CC(C)N1C=C2N(C(=O)C(N3CCCCC3)CN2S(=O)(=O)c2ccc(Cl)cc2Cl)C(Cc2ccc(N)cc2)C1=O. The lowest BCUT2D eigenvalue weighted by Crippen LogP contribution is -2.68. The number of sulfonamides is 1. The van der Waals surface area contributed by atoms with E-state index in [1.807, 2.05) is 30.9 Å². The lowest BCUT2D eigenvalue weighted by Gasteiger charge is -2.51. The van der Waals surface area contributed by atoms with Gasteiger partial charge in [0.25, 0.3) is 10.0 Å². The number of carbonyl (C=O) groups excluding carboxylic acids is 2. The molecule has 2 N–H and O–H groups in total. The van der Waals surface area contributed by atoms with Gasteiger partial charge in [-0.1, -0.05) is 41.8 Å². The topological polar surface area (TPSA) is 107 Å². The van der Waals surface area contributed by atoms with E-state index in [1.165, 1.54) is 38.5 Å². The van der Waals surface area contributed by atoms with Crippen LogP contribution in [0.2, 0.25) is 10.0 Å². The number of anilines is 1. The normalized spacial score (nSPS) is 22.5. The van der Waals surface area contributed by atoms with Crippen molar-refractivity contribution in [3.8, 4) is 0 Å². The molecule has 5 rings (SSSR count). The van der Waals surface area contributed by atoms with E-state index in [2.05, 4.69) is 0 Å². The molecule has 0 saturated carbocycles. The van der Waals surface area contributed by atoms with Crippen molar-refractivity contribution >= 4 is 50.7 Å². The van der Waals surface area contributed by atoms with E-state index in [-0.39, 0.29) is 46.6 Å². The molecule has 2 amide bonds. The van der Waals surface area contributed by atoms with Gasteiger partial charge in [-0.25, -0.2) is 12.7 Å². The van der Waals surface area contributed by atoms with Crippen molar-refractivity contribution in [2.75, 3.05) is 25.4 Å². The zero-order valence-electron chi connectivity index (χ0n) is 22.5. The number of likely N-dealkylation sites (tertiary alicyclic amines) is 1. The Bertz CT molecular complexity index is 1440. The maximum absolute atomic E-state index is 14.3. The third-order valence-corrected chi connectivity index (χ3v) is 10.2. The third-order valence-electron chi connectivity index (χ3n) is 7.73. The summed E-state index contributed by atoms with van der Waals surface area (Å²) in [5.74, 6) is -0.415. The molecule has 2 saturated heterocycles. The second kappa shape index (κ2) is 11.2. The van der Waals surface area contributed by atoms with Crippen LogP contribution in [0.25, 0.3) is 0 Å². The van der Waals surface area contributed by atoms with Gasteiger partial charge in [0.15, 0.2) is 0 Å². The molecule has 40 heavy (non-hydrogen) atoms. The van der Waals surface area contributed by atoms with Crippen LogP contribution in [0.1, 0.15) is 38.7 Å². The van der Waals surface area contributed by atoms with E-state index >= 15 is 0 Å². The van der Waals surface area contributed by atoms with Gasteiger partial charge in [0.05, 0.1) is 11.6 Å². The number of nitrogen functional groups attached to an aromatic ring is 1. The summed E-state index contributed by atoms with van der Waals surface area (Å²) in [5, 5.41) is 0.291. The number of nitrogens with two attached hydrogens (primary N) is 1. The number of rotatable bonds is 6. The number of hydrogen-bond donors (Lipinski definition) is 1. The lowest BCUT2D eigenvalue weighted by molar-refractivity contribution is -0.153. The summed E-state index contributed by atoms with van der Waals surface area (Å²) in [6.07, 6.45) is 4.57. The van der Waals surface area contributed by atoms with Crippen LogP contribution >= 0.6 is 23.2 Å². The van der Waals surface area contributed by atoms with Gasteiger partial charge in [0.1, 0.15) is 22.8 Å². The van der Waals surface area contributed by atoms with Crippen molar-refractivity contribution in [3.63, 3.8) is 0 Å². The molecular formula is C28H33Cl2N5O4S. The first-order valence-electron chi connectivity index (χ1n) is 13.4. The molecule has 3 heterocycles. The first-order valence-corrected chi connectivity index (χ1v) is 15.6. The number of fused-ring (bicyclic) bond motifs is 1. The Kier molecular flexibility index (Phi) is 8.07. The predicted molar refractivity (Wildman–Crippen MR) is 155 cm³/mol. The number of piperidine rings is 1. The quantitative estimate of drug-likeness (QED) is 0.500. The molecule has 3 aliphatic heterocycles. The van der Waals surface area contributed by atoms with Gasteiger partial charge in [-0.15, -0.1) is 0 Å². The molecule has 12 heteroatoms. The lowest BCUT2D eigenvalue weighted by atomic mass is 9.97. The zero-order chi connectivity index (χ0) is 28.8. The zero-order valence-corrected chi connectivity index (χ0v) is 24.8. The molecule has 2 unspecified atom stereocenters. The number of halogens is 2. The van der Waals surface area contributed by atoms with Crippen LogP contribution in [-0.4, -0.2) is 77.0 Å². The van der Waals surface area contributed by atoms with Crippen LogP contribution in [0.4, 0.5) is 5.69 Å². The van der Waals surface area contributed by atoms with Gasteiger partial charge in [-0.3, -0.25) is 19.4 Å². The largest absolute Gasteiger partial charge is 0.399 e. The number of benzene rings is 2. The molecule has 0 bridgehead atoms. The van der Waals surface area contributed by atoms with Crippen molar-refractivity contribution in [3.05, 3.63) is 70.1 Å². The maximum Gasteiger partial charge on any atom is 0.267 e. The van der Waals surface area contributed by atoms with E-state index in [4.69, 9.17) is 28.9 Å². The van der Waals surface area contributed by atoms with Crippen LogP contribution in [-0.2, 0) is 26.0 Å². The highest BCUT2D eigenvalue weighted by Crippen LogP contribution is 2.37. The first kappa shape index (κ1) is 28.7. The molecular weight excluding hydrogens is 573 g/mol. The highest BCUT2D eigenvalue weighted by atomic mass is 35.5. The monoisotopic (exact) mass is 605 g/mol. The molecule has 2 aromatic rings. The Morgan fingerprint density at radius 2 is 1.65 bits per heavy atom. The number of hydrogen-bond acceptors (Lipinski definition) is 6. The molecule has 0 aliphatic carbocycles. The summed E-state index contributed by atoms with van der Waals surface area (Å²) < 4.78 is 29.7. The highest BCUT2D eigenvalue weighted by molar-refractivity contribution is 7.89. The summed E-state index contributed by atoms with van der Waals surface area (Å²) in [6, 6.07) is 9.40. The molecule has 2 aromatic carbocycles. The van der Waals surface area contributed by atoms with Gasteiger partial charge in [0.2, 0.25) is 11.8 Å². The molecule has 0 radical (unpaired) electrons. The minimum atomic E-state index is -4.24. The summed E-state index contributed by atoms with van der Waals surface area (Å²) in [6.45, 7) is 4.96. The van der Waals surface area contributed by atoms with Crippen LogP contribution in [0, 0.1) is 0 Å². The van der Waals surface area contributed by atoms with Crippen LogP contribution < -0.4 is 5.73 Å². The summed E-state index contributed by atoms with van der Waals surface area (Å²) in [7, 11) is -4.24. The van der Waals surface area contributed by atoms with Crippen LogP contribution in [0.5, 0.6) is 0 Å². The predicted octanol–water partition coefficient (Wildman–Crippen LogP) is 3.92. The van der Waals surface area contributed by atoms with E-state index < -0.39 is 22.1 Å². The Morgan fingerprint density at radius 3 is 2.27 bits per heavy atom. The number of carbonyl (C=O) groups is 2.